The van der Waals surface area contributed by atoms with E-state index < -0.39 is 17.5 Å². The molecule has 0 aromatic carbocycles. The summed E-state index contributed by atoms with van der Waals surface area (Å²) in [4.78, 5) is 13.6. The van der Waals surface area contributed by atoms with Gasteiger partial charge in [-0.1, -0.05) is 27.4 Å². The molecule has 1 saturated heterocycles. The van der Waals surface area contributed by atoms with Gasteiger partial charge in [0.05, 0.1) is 18.4 Å². The Hall–Kier alpha value is -1.20. The lowest BCUT2D eigenvalue weighted by atomic mass is 9.76. The second-order valence-corrected chi connectivity index (χ2v) is 6.45. The van der Waals surface area contributed by atoms with E-state index in [0.29, 0.717) is 38.2 Å². The van der Waals surface area contributed by atoms with Crippen molar-refractivity contribution in [3.8, 4) is 0 Å². The van der Waals surface area contributed by atoms with E-state index in [1.165, 1.54) is 6.92 Å². The van der Waals surface area contributed by atoms with E-state index in [-0.39, 0.29) is 11.9 Å². The predicted octanol–water partition coefficient (Wildman–Crippen LogP) is 4.00. The lowest BCUT2D eigenvalue weighted by molar-refractivity contribution is -0.194. The van der Waals surface area contributed by atoms with E-state index in [4.69, 9.17) is 4.74 Å². The van der Waals surface area contributed by atoms with Crippen LogP contribution in [0.15, 0.2) is 12.3 Å². The molecule has 0 amide bonds. The van der Waals surface area contributed by atoms with E-state index in [0.717, 1.165) is 0 Å². The summed E-state index contributed by atoms with van der Waals surface area (Å²) in [5.74, 6) is -1.85. The number of alkyl halides is 3. The maximum atomic E-state index is 13.0. The molecule has 1 unspecified atom stereocenters. The molecule has 0 saturated carbocycles. The van der Waals surface area contributed by atoms with Gasteiger partial charge in [-0.15, -0.1) is 0 Å². The molecule has 1 heterocycles. The van der Waals surface area contributed by atoms with Crippen LogP contribution in [0.1, 0.15) is 40.5 Å². The lowest BCUT2D eigenvalue weighted by Crippen LogP contribution is -2.44. The van der Waals surface area contributed by atoms with Crippen molar-refractivity contribution in [2.24, 2.45) is 17.3 Å². The molecule has 0 radical (unpaired) electrons. The quantitative estimate of drug-likeness (QED) is 0.717. The Morgan fingerprint density at radius 1 is 1.32 bits per heavy atom. The second-order valence-electron chi connectivity index (χ2n) is 6.45. The zero-order valence-corrected chi connectivity index (χ0v) is 13.8. The number of rotatable bonds is 5. The Bertz CT molecular complexity index is 410. The summed E-state index contributed by atoms with van der Waals surface area (Å²) in [6, 6.07) is 0. The molecular formula is C16H26F3NO2. The number of ether oxygens (including phenoxy) is 1. The summed E-state index contributed by atoms with van der Waals surface area (Å²) in [6.07, 6.45) is -3.07. The Kier molecular flexibility index (Phi) is 5.93. The van der Waals surface area contributed by atoms with Gasteiger partial charge in [-0.3, -0.25) is 4.79 Å². The average Bonchev–Trinajstić information content (AvgIpc) is 2.45. The highest BCUT2D eigenvalue weighted by molar-refractivity contribution is 5.72. The number of likely N-dealkylation sites (tertiary alicyclic amines) is 1. The highest BCUT2D eigenvalue weighted by Crippen LogP contribution is 2.45. The molecule has 128 valence electrons. The molecule has 1 aliphatic heterocycles. The molecule has 1 rings (SSSR count). The van der Waals surface area contributed by atoms with Crippen molar-refractivity contribution in [2.45, 2.75) is 46.7 Å². The fourth-order valence-electron chi connectivity index (χ4n) is 2.71. The van der Waals surface area contributed by atoms with Crippen LogP contribution in [0.2, 0.25) is 0 Å². The van der Waals surface area contributed by atoms with Gasteiger partial charge in [0, 0.05) is 24.2 Å². The molecule has 0 N–H and O–H groups in total. The Morgan fingerprint density at radius 2 is 1.82 bits per heavy atom. The molecular weight excluding hydrogens is 295 g/mol. The van der Waals surface area contributed by atoms with Gasteiger partial charge in [0.15, 0.2) is 0 Å². The number of piperidine rings is 1. The summed E-state index contributed by atoms with van der Waals surface area (Å²) >= 11 is 0. The minimum absolute atomic E-state index is 0.160. The van der Waals surface area contributed by atoms with Crippen LogP contribution in [0.25, 0.3) is 0 Å². The molecule has 22 heavy (non-hydrogen) atoms. The average molecular weight is 321 g/mol. The van der Waals surface area contributed by atoms with Crippen LogP contribution in [0.4, 0.5) is 13.2 Å². The highest BCUT2D eigenvalue weighted by Gasteiger charge is 2.48. The third-order valence-electron chi connectivity index (χ3n) is 4.81. The summed E-state index contributed by atoms with van der Waals surface area (Å²) in [5, 5.41) is 0. The van der Waals surface area contributed by atoms with E-state index in [9.17, 15) is 18.0 Å². The van der Waals surface area contributed by atoms with E-state index in [2.05, 4.69) is 6.58 Å². The van der Waals surface area contributed by atoms with Gasteiger partial charge in [0.1, 0.15) is 0 Å². The molecule has 0 aromatic heterocycles. The number of esters is 1. The maximum Gasteiger partial charge on any atom is 0.392 e. The fraction of sp³-hybridized carbons (Fsp3) is 0.812. The SMILES string of the molecule is C=C(N1CCC(C(=O)OCC)CC1)C(C)(C)C(C)C(F)(F)F. The molecule has 3 nitrogen and oxygen atoms in total. The largest absolute Gasteiger partial charge is 0.466 e. The topological polar surface area (TPSA) is 29.5 Å². The number of carbonyl (C=O) groups is 1. The van der Waals surface area contributed by atoms with Gasteiger partial charge in [-0.2, -0.15) is 13.2 Å². The molecule has 6 heteroatoms. The number of halogens is 3. The Balaban J connectivity index is 2.67. The first-order valence-corrected chi connectivity index (χ1v) is 7.69. The van der Waals surface area contributed by atoms with Crippen molar-refractivity contribution in [2.75, 3.05) is 19.7 Å². The van der Waals surface area contributed by atoms with E-state index in [1.807, 2.05) is 4.90 Å². The first-order valence-electron chi connectivity index (χ1n) is 7.69. The first-order chi connectivity index (χ1) is 10.0. The van der Waals surface area contributed by atoms with Gasteiger partial charge >= 0.3 is 12.1 Å². The molecule has 1 aliphatic rings. The molecule has 0 bridgehead atoms. The van der Waals surface area contributed by atoms with Gasteiger partial charge in [0.2, 0.25) is 0 Å². The third kappa shape index (κ3) is 4.17. The number of nitrogens with zero attached hydrogens (tertiary/aromatic N) is 1. The van der Waals surface area contributed by atoms with Gasteiger partial charge in [0.25, 0.3) is 0 Å². The molecule has 0 aliphatic carbocycles. The van der Waals surface area contributed by atoms with Gasteiger partial charge in [-0.25, -0.2) is 0 Å². The number of carbonyl (C=O) groups excluding carboxylic acids is 1. The van der Waals surface area contributed by atoms with Crippen molar-refractivity contribution < 1.29 is 22.7 Å². The van der Waals surface area contributed by atoms with Crippen molar-refractivity contribution in [1.82, 2.24) is 4.90 Å². The van der Waals surface area contributed by atoms with Crippen LogP contribution in [0.5, 0.6) is 0 Å². The van der Waals surface area contributed by atoms with Crippen molar-refractivity contribution in [1.29, 1.82) is 0 Å². The van der Waals surface area contributed by atoms with Crippen molar-refractivity contribution >= 4 is 5.97 Å². The minimum Gasteiger partial charge on any atom is -0.466 e. The number of hydrogen-bond donors (Lipinski definition) is 0. The molecule has 0 aromatic rings. The van der Waals surface area contributed by atoms with Crippen LogP contribution < -0.4 is 0 Å². The summed E-state index contributed by atoms with van der Waals surface area (Å²) in [5.41, 5.74) is -0.589. The van der Waals surface area contributed by atoms with E-state index >= 15 is 0 Å². The van der Waals surface area contributed by atoms with Crippen molar-refractivity contribution in [3.05, 3.63) is 12.3 Å². The van der Waals surface area contributed by atoms with Crippen LogP contribution in [0.3, 0.4) is 0 Å². The van der Waals surface area contributed by atoms with Crippen molar-refractivity contribution in [3.63, 3.8) is 0 Å². The van der Waals surface area contributed by atoms with Crippen LogP contribution in [-0.4, -0.2) is 36.7 Å². The first kappa shape index (κ1) is 18.8. The van der Waals surface area contributed by atoms with Crippen LogP contribution in [-0.2, 0) is 9.53 Å². The maximum absolute atomic E-state index is 13.0. The number of hydrogen-bond acceptors (Lipinski definition) is 3. The zero-order chi connectivity index (χ0) is 17.1. The monoisotopic (exact) mass is 321 g/mol. The molecule has 1 atom stereocenters. The Morgan fingerprint density at radius 3 is 2.23 bits per heavy atom. The Labute approximate surface area is 130 Å². The minimum atomic E-state index is -4.25. The van der Waals surface area contributed by atoms with Crippen LogP contribution >= 0.6 is 0 Å². The highest BCUT2D eigenvalue weighted by atomic mass is 19.4. The second kappa shape index (κ2) is 6.92. The third-order valence-corrected chi connectivity index (χ3v) is 4.81. The van der Waals surface area contributed by atoms with Gasteiger partial charge in [-0.05, 0) is 19.8 Å². The van der Waals surface area contributed by atoms with Gasteiger partial charge < -0.3 is 9.64 Å². The lowest BCUT2D eigenvalue weighted by Gasteiger charge is -2.43. The normalized spacial score (nSPS) is 19.0. The van der Waals surface area contributed by atoms with Crippen LogP contribution in [0, 0.1) is 17.3 Å². The molecule has 0 spiro atoms. The smallest absolute Gasteiger partial charge is 0.392 e. The zero-order valence-electron chi connectivity index (χ0n) is 13.8. The standard InChI is InChI=1S/C16H26F3NO2/c1-6-22-14(21)13-7-9-20(10-8-13)12(3)15(4,5)11(2)16(17,18)19/h11,13H,3,6-10H2,1-2,4-5H3. The molecule has 1 fully saturated rings. The summed E-state index contributed by atoms with van der Waals surface area (Å²) < 4.78 is 44.0. The van der Waals surface area contributed by atoms with E-state index in [1.54, 1.807) is 20.8 Å². The summed E-state index contributed by atoms with van der Waals surface area (Å²) in [6.45, 7) is 11.4. The predicted molar refractivity (Wildman–Crippen MR) is 79.1 cm³/mol. The number of allylic oxidation sites excluding steroid dienone is 1. The summed E-state index contributed by atoms with van der Waals surface area (Å²) in [7, 11) is 0. The fourth-order valence-corrected chi connectivity index (χ4v) is 2.71.